The molecule has 3 rings (SSSR count). The van der Waals surface area contributed by atoms with Crippen molar-refractivity contribution in [1.29, 1.82) is 0 Å². The standard InChI is InChI=1S/C25H28N2O5/c1-3-8-22(24(29)30)27-23(28)16(2)13-14-26-25(31)32-15-21-19-11-6-4-9-17(19)18-10-5-7-12-20(18)21/h3-7,9-12,16,21-22H,1,8,13-15H2,2H3,(H,26,31)(H,27,28)(H,29,30). The Hall–Kier alpha value is -3.61. The highest BCUT2D eigenvalue weighted by Crippen LogP contribution is 2.44. The van der Waals surface area contributed by atoms with Gasteiger partial charge < -0.3 is 20.5 Å². The lowest BCUT2D eigenvalue weighted by Crippen LogP contribution is -2.43. The van der Waals surface area contributed by atoms with Gasteiger partial charge in [0.05, 0.1) is 0 Å². The summed E-state index contributed by atoms with van der Waals surface area (Å²) >= 11 is 0. The number of amides is 2. The highest BCUT2D eigenvalue weighted by molar-refractivity contribution is 5.85. The molecule has 0 spiro atoms. The van der Waals surface area contributed by atoms with Crippen LogP contribution in [0.15, 0.2) is 61.2 Å². The predicted octanol–water partition coefficient (Wildman–Crippen LogP) is 3.70. The van der Waals surface area contributed by atoms with Crippen LogP contribution in [0.4, 0.5) is 4.79 Å². The number of carbonyl (C=O) groups excluding carboxylic acids is 2. The maximum Gasteiger partial charge on any atom is 0.407 e. The number of aliphatic carboxylic acids is 1. The minimum absolute atomic E-state index is 0.0179. The molecule has 7 nitrogen and oxygen atoms in total. The van der Waals surface area contributed by atoms with Gasteiger partial charge in [0.15, 0.2) is 0 Å². The van der Waals surface area contributed by atoms with E-state index in [2.05, 4.69) is 41.5 Å². The largest absolute Gasteiger partial charge is 0.480 e. The smallest absolute Gasteiger partial charge is 0.407 e. The second-order valence-electron chi connectivity index (χ2n) is 7.87. The van der Waals surface area contributed by atoms with Crippen molar-refractivity contribution >= 4 is 18.0 Å². The molecule has 0 radical (unpaired) electrons. The third kappa shape index (κ3) is 5.35. The number of carboxylic acid groups (broad SMARTS) is 1. The number of rotatable bonds is 10. The van der Waals surface area contributed by atoms with Gasteiger partial charge in [-0.05, 0) is 35.1 Å². The van der Waals surface area contributed by atoms with Crippen molar-refractivity contribution in [2.24, 2.45) is 5.92 Å². The highest BCUT2D eigenvalue weighted by atomic mass is 16.5. The van der Waals surface area contributed by atoms with Gasteiger partial charge in [-0.1, -0.05) is 61.5 Å². The molecule has 0 fully saturated rings. The van der Waals surface area contributed by atoms with Crippen molar-refractivity contribution < 1.29 is 24.2 Å². The summed E-state index contributed by atoms with van der Waals surface area (Å²) in [5.41, 5.74) is 4.60. The molecule has 0 aliphatic heterocycles. The van der Waals surface area contributed by atoms with E-state index in [4.69, 9.17) is 9.84 Å². The topological polar surface area (TPSA) is 105 Å². The van der Waals surface area contributed by atoms with Crippen LogP contribution in [-0.4, -0.2) is 42.3 Å². The molecule has 0 saturated heterocycles. The number of fused-ring (bicyclic) bond motifs is 3. The number of nitrogens with one attached hydrogen (secondary N) is 2. The molecule has 1 aliphatic rings. The normalized spacial score (nSPS) is 13.9. The molecule has 1 aliphatic carbocycles. The Morgan fingerprint density at radius 3 is 2.25 bits per heavy atom. The number of hydrogen-bond donors (Lipinski definition) is 3. The van der Waals surface area contributed by atoms with Crippen LogP contribution >= 0.6 is 0 Å². The summed E-state index contributed by atoms with van der Waals surface area (Å²) in [6, 6.07) is 15.2. The monoisotopic (exact) mass is 436 g/mol. The van der Waals surface area contributed by atoms with E-state index >= 15 is 0 Å². The maximum atomic E-state index is 12.2. The molecular weight excluding hydrogens is 408 g/mol. The Bertz CT molecular complexity index is 958. The van der Waals surface area contributed by atoms with E-state index in [0.717, 1.165) is 22.3 Å². The molecule has 2 unspecified atom stereocenters. The lowest BCUT2D eigenvalue weighted by atomic mass is 9.98. The summed E-state index contributed by atoms with van der Waals surface area (Å²) in [5.74, 6) is -1.97. The second kappa shape index (κ2) is 10.6. The average Bonchev–Trinajstić information content (AvgIpc) is 3.11. The van der Waals surface area contributed by atoms with E-state index in [1.54, 1.807) is 6.92 Å². The van der Waals surface area contributed by atoms with E-state index in [1.807, 2.05) is 24.3 Å². The fourth-order valence-electron chi connectivity index (χ4n) is 3.87. The lowest BCUT2D eigenvalue weighted by molar-refractivity contribution is -0.142. The highest BCUT2D eigenvalue weighted by Gasteiger charge is 2.29. The van der Waals surface area contributed by atoms with Gasteiger partial charge >= 0.3 is 12.1 Å². The molecule has 0 bridgehead atoms. The molecule has 2 aromatic rings. The van der Waals surface area contributed by atoms with Crippen LogP contribution in [0.5, 0.6) is 0 Å². The quantitative estimate of drug-likeness (QED) is 0.493. The molecular formula is C25H28N2O5. The third-order valence-electron chi connectivity index (χ3n) is 5.65. The predicted molar refractivity (Wildman–Crippen MR) is 121 cm³/mol. The zero-order valence-electron chi connectivity index (χ0n) is 18.0. The van der Waals surface area contributed by atoms with E-state index < -0.39 is 24.0 Å². The van der Waals surface area contributed by atoms with Crippen LogP contribution in [-0.2, 0) is 14.3 Å². The molecule has 0 aromatic heterocycles. The van der Waals surface area contributed by atoms with Crippen molar-refractivity contribution in [1.82, 2.24) is 10.6 Å². The Morgan fingerprint density at radius 1 is 1.09 bits per heavy atom. The number of carbonyl (C=O) groups is 3. The summed E-state index contributed by atoms with van der Waals surface area (Å²) in [6.07, 6.45) is 1.40. The van der Waals surface area contributed by atoms with Crippen molar-refractivity contribution in [3.05, 3.63) is 72.3 Å². The maximum absolute atomic E-state index is 12.2. The number of alkyl carbamates (subject to hydrolysis) is 1. The Balaban J connectivity index is 1.46. The molecule has 0 saturated carbocycles. The van der Waals surface area contributed by atoms with E-state index in [1.165, 1.54) is 6.08 Å². The van der Waals surface area contributed by atoms with Crippen molar-refractivity contribution in [3.8, 4) is 11.1 Å². The van der Waals surface area contributed by atoms with E-state index in [9.17, 15) is 14.4 Å². The van der Waals surface area contributed by atoms with Crippen LogP contribution in [0.2, 0.25) is 0 Å². The van der Waals surface area contributed by atoms with Crippen LogP contribution in [0.3, 0.4) is 0 Å². The molecule has 168 valence electrons. The Morgan fingerprint density at radius 2 is 1.69 bits per heavy atom. The van der Waals surface area contributed by atoms with Crippen molar-refractivity contribution in [2.45, 2.75) is 31.7 Å². The Kier molecular flexibility index (Phi) is 7.65. The minimum Gasteiger partial charge on any atom is -0.480 e. The molecule has 2 amide bonds. The van der Waals surface area contributed by atoms with Crippen molar-refractivity contribution in [2.75, 3.05) is 13.2 Å². The first-order valence-electron chi connectivity index (χ1n) is 10.6. The molecule has 7 heteroatoms. The fourth-order valence-corrected chi connectivity index (χ4v) is 3.87. The zero-order chi connectivity index (χ0) is 23.1. The van der Waals surface area contributed by atoms with Gasteiger partial charge in [-0.25, -0.2) is 9.59 Å². The molecule has 2 atom stereocenters. The summed E-state index contributed by atoms with van der Waals surface area (Å²) in [4.78, 5) is 35.5. The molecule has 0 heterocycles. The second-order valence-corrected chi connectivity index (χ2v) is 7.87. The number of hydrogen-bond acceptors (Lipinski definition) is 4. The average molecular weight is 437 g/mol. The molecule has 3 N–H and O–H groups in total. The van der Waals surface area contributed by atoms with Gasteiger partial charge in [0.2, 0.25) is 5.91 Å². The zero-order valence-corrected chi connectivity index (χ0v) is 18.0. The molecule has 32 heavy (non-hydrogen) atoms. The van der Waals surface area contributed by atoms with Crippen LogP contribution in [0, 0.1) is 5.92 Å². The number of benzene rings is 2. The van der Waals surface area contributed by atoms with Crippen LogP contribution < -0.4 is 10.6 Å². The van der Waals surface area contributed by atoms with Gasteiger partial charge in [0.25, 0.3) is 0 Å². The van der Waals surface area contributed by atoms with E-state index in [-0.39, 0.29) is 31.4 Å². The van der Waals surface area contributed by atoms with Gasteiger partial charge in [0.1, 0.15) is 12.6 Å². The summed E-state index contributed by atoms with van der Waals surface area (Å²) < 4.78 is 5.47. The minimum atomic E-state index is -1.11. The Labute approximate surface area is 187 Å². The number of carboxylic acids is 1. The summed E-state index contributed by atoms with van der Waals surface area (Å²) in [6.45, 7) is 5.64. The van der Waals surface area contributed by atoms with Crippen LogP contribution in [0.1, 0.15) is 36.8 Å². The van der Waals surface area contributed by atoms with E-state index in [0.29, 0.717) is 6.42 Å². The summed E-state index contributed by atoms with van der Waals surface area (Å²) in [5, 5.41) is 14.3. The van der Waals surface area contributed by atoms with Gasteiger partial charge in [-0.3, -0.25) is 4.79 Å². The van der Waals surface area contributed by atoms with Gasteiger partial charge in [-0.2, -0.15) is 0 Å². The summed E-state index contributed by atoms with van der Waals surface area (Å²) in [7, 11) is 0. The first-order valence-corrected chi connectivity index (χ1v) is 10.6. The van der Waals surface area contributed by atoms with Crippen molar-refractivity contribution in [3.63, 3.8) is 0 Å². The third-order valence-corrected chi connectivity index (χ3v) is 5.65. The molecule has 2 aromatic carbocycles. The van der Waals surface area contributed by atoms with Gasteiger partial charge in [0, 0.05) is 18.4 Å². The van der Waals surface area contributed by atoms with Crippen LogP contribution in [0.25, 0.3) is 11.1 Å². The lowest BCUT2D eigenvalue weighted by Gasteiger charge is -2.17. The SMILES string of the molecule is C=CCC(NC(=O)C(C)CCNC(=O)OCC1c2ccccc2-c2ccccc21)C(=O)O. The first kappa shape index (κ1) is 23.1. The fraction of sp³-hybridized carbons (Fsp3) is 0.320. The van der Waals surface area contributed by atoms with Gasteiger partial charge in [-0.15, -0.1) is 6.58 Å². The first-order chi connectivity index (χ1) is 15.4. The number of ether oxygens (including phenoxy) is 1.